The number of aromatic nitrogens is 1. The number of hydrogen-bond donors (Lipinski definition) is 5. The molecule has 7 rings (SSSR count). The SMILES string of the molecule is NC[C@H]1O[C@@H](n2c3ccc(F)cc3c3c4c(c5c6cc(F)ccc6sc5c32)C(=O)NC4=O)[C@H](O)[C@@H](O)[C@@H]1O. The van der Waals surface area contributed by atoms with Crippen LogP contribution in [0.1, 0.15) is 26.9 Å². The number of nitrogens with zero attached hydrogens (tertiary/aromatic N) is 1. The Bertz CT molecular complexity index is 1860. The van der Waals surface area contributed by atoms with Crippen LogP contribution in [0, 0.1) is 11.6 Å². The van der Waals surface area contributed by atoms with Crippen molar-refractivity contribution in [3.63, 3.8) is 0 Å². The van der Waals surface area contributed by atoms with Crippen LogP contribution in [0.15, 0.2) is 36.4 Å². The van der Waals surface area contributed by atoms with Crippen LogP contribution in [0.5, 0.6) is 0 Å². The van der Waals surface area contributed by atoms with E-state index in [-0.39, 0.29) is 28.4 Å². The molecule has 4 heterocycles. The Morgan fingerprint density at radius 3 is 2.29 bits per heavy atom. The van der Waals surface area contributed by atoms with Gasteiger partial charge in [-0.2, -0.15) is 0 Å². The summed E-state index contributed by atoms with van der Waals surface area (Å²) in [6, 6.07) is 7.97. The number of nitrogens with two attached hydrogens (primary N) is 1. The molecule has 2 aliphatic heterocycles. The molecule has 1 saturated heterocycles. The number of amides is 2. The lowest BCUT2D eigenvalue weighted by molar-refractivity contribution is -0.240. The summed E-state index contributed by atoms with van der Waals surface area (Å²) < 4.78 is 37.6. The summed E-state index contributed by atoms with van der Waals surface area (Å²) in [5.41, 5.74) is 6.49. The first-order valence-electron chi connectivity index (χ1n) is 11.8. The summed E-state index contributed by atoms with van der Waals surface area (Å²) in [7, 11) is 0. The van der Waals surface area contributed by atoms with E-state index in [1.165, 1.54) is 46.2 Å². The molecular formula is C26H19F2N3O6S. The van der Waals surface area contributed by atoms with Gasteiger partial charge in [-0.25, -0.2) is 8.78 Å². The van der Waals surface area contributed by atoms with Gasteiger partial charge in [-0.1, -0.05) is 0 Å². The van der Waals surface area contributed by atoms with E-state index in [0.29, 0.717) is 31.2 Å². The van der Waals surface area contributed by atoms with Crippen LogP contribution in [0.4, 0.5) is 8.78 Å². The molecule has 0 saturated carbocycles. The first-order valence-corrected chi connectivity index (χ1v) is 12.6. The van der Waals surface area contributed by atoms with Gasteiger partial charge < -0.3 is 30.4 Å². The number of imide groups is 1. The maximum Gasteiger partial charge on any atom is 0.259 e. The van der Waals surface area contributed by atoms with E-state index >= 15 is 0 Å². The standard InChI is InChI=1S/C26H19F2N3O6S/c27-8-1-3-12-10(5-8)15-17-18(25(36)30-24(17)35)16-11-6-9(28)2-4-14(11)38-23(16)19(15)31(12)26-22(34)21(33)20(32)13(7-29)37-26/h1-6,13,20-22,26,32-34H,7,29H2,(H,30,35,36)/t13-,20-,21+,22-,26-/m1/s1. The maximum atomic E-state index is 14.6. The highest BCUT2D eigenvalue weighted by Crippen LogP contribution is 2.49. The Labute approximate surface area is 215 Å². The molecule has 0 unspecified atom stereocenters. The van der Waals surface area contributed by atoms with E-state index in [1.54, 1.807) is 6.07 Å². The van der Waals surface area contributed by atoms with Gasteiger partial charge in [0.05, 0.1) is 26.9 Å². The molecular weight excluding hydrogens is 520 g/mol. The number of rotatable bonds is 2. The van der Waals surface area contributed by atoms with Crippen molar-refractivity contribution in [2.24, 2.45) is 5.73 Å². The molecule has 2 amide bonds. The van der Waals surface area contributed by atoms with E-state index in [4.69, 9.17) is 10.5 Å². The van der Waals surface area contributed by atoms with Gasteiger partial charge in [-0.15, -0.1) is 11.3 Å². The molecule has 5 atom stereocenters. The molecule has 2 aromatic heterocycles. The highest BCUT2D eigenvalue weighted by Gasteiger charge is 2.46. The Morgan fingerprint density at radius 1 is 0.921 bits per heavy atom. The molecule has 0 aliphatic carbocycles. The van der Waals surface area contributed by atoms with Crippen LogP contribution < -0.4 is 11.1 Å². The predicted molar refractivity (Wildman–Crippen MR) is 135 cm³/mol. The fourth-order valence-electron chi connectivity index (χ4n) is 5.78. The van der Waals surface area contributed by atoms with Gasteiger partial charge in [-0.3, -0.25) is 14.9 Å². The summed E-state index contributed by atoms with van der Waals surface area (Å²) in [6.07, 6.45) is -7.08. The normalized spacial score (nSPS) is 25.7. The van der Waals surface area contributed by atoms with Gasteiger partial charge in [0.2, 0.25) is 0 Å². The number of halogens is 2. The average molecular weight is 540 g/mol. The summed E-state index contributed by atoms with van der Waals surface area (Å²) in [4.78, 5) is 26.2. The third-order valence-corrected chi connectivity index (χ3v) is 8.61. The molecule has 0 spiro atoms. The van der Waals surface area contributed by atoms with Gasteiger partial charge in [0, 0.05) is 32.8 Å². The first kappa shape index (κ1) is 23.6. The minimum Gasteiger partial charge on any atom is -0.388 e. The number of ether oxygens (including phenoxy) is 1. The Hall–Kier alpha value is -3.52. The topological polar surface area (TPSA) is 147 Å². The highest BCUT2D eigenvalue weighted by molar-refractivity contribution is 7.26. The minimum atomic E-state index is -1.64. The van der Waals surface area contributed by atoms with Gasteiger partial charge >= 0.3 is 0 Å². The van der Waals surface area contributed by atoms with Crippen molar-refractivity contribution >= 4 is 65.1 Å². The second kappa shape index (κ2) is 7.99. The zero-order valence-electron chi connectivity index (χ0n) is 19.3. The van der Waals surface area contributed by atoms with Gasteiger partial charge in [0.1, 0.15) is 36.1 Å². The van der Waals surface area contributed by atoms with E-state index in [1.807, 2.05) is 0 Å². The number of thiophene rings is 1. The van der Waals surface area contributed by atoms with E-state index < -0.39 is 54.1 Å². The van der Waals surface area contributed by atoms with Gasteiger partial charge in [0.25, 0.3) is 11.8 Å². The molecule has 12 heteroatoms. The Balaban J connectivity index is 1.72. The molecule has 3 aromatic carbocycles. The molecule has 6 N–H and O–H groups in total. The summed E-state index contributed by atoms with van der Waals surface area (Å²) >= 11 is 1.23. The lowest BCUT2D eigenvalue weighted by Crippen LogP contribution is -2.57. The van der Waals surface area contributed by atoms with Crippen molar-refractivity contribution in [2.75, 3.05) is 6.54 Å². The van der Waals surface area contributed by atoms with Crippen LogP contribution in [0.3, 0.4) is 0 Å². The lowest BCUT2D eigenvalue weighted by Gasteiger charge is -2.41. The number of fused-ring (bicyclic) bond motifs is 10. The van der Waals surface area contributed by atoms with Gasteiger partial charge in [0.15, 0.2) is 6.23 Å². The third-order valence-electron chi connectivity index (χ3n) is 7.44. The second-order valence-electron chi connectivity index (χ2n) is 9.51. The number of hydrogen-bond acceptors (Lipinski definition) is 8. The largest absolute Gasteiger partial charge is 0.388 e. The molecule has 2 aliphatic rings. The summed E-state index contributed by atoms with van der Waals surface area (Å²) in [5, 5.41) is 35.6. The molecule has 38 heavy (non-hydrogen) atoms. The van der Waals surface area contributed by atoms with E-state index in [2.05, 4.69) is 5.32 Å². The van der Waals surface area contributed by atoms with Crippen LogP contribution in [-0.4, -0.2) is 62.7 Å². The number of aliphatic hydroxyl groups is 3. The van der Waals surface area contributed by atoms with Crippen molar-refractivity contribution in [2.45, 2.75) is 30.6 Å². The summed E-state index contributed by atoms with van der Waals surface area (Å²) in [6.45, 7) is -0.170. The Kier molecular flexibility index (Phi) is 4.96. The van der Waals surface area contributed by atoms with Crippen LogP contribution in [-0.2, 0) is 4.74 Å². The molecule has 5 aromatic rings. The zero-order chi connectivity index (χ0) is 26.6. The lowest BCUT2D eigenvalue weighted by atomic mass is 9.96. The first-order chi connectivity index (χ1) is 18.2. The molecule has 194 valence electrons. The fourth-order valence-corrected chi connectivity index (χ4v) is 7.02. The number of carbonyl (C=O) groups excluding carboxylic acids is 2. The van der Waals surface area contributed by atoms with Crippen molar-refractivity contribution < 1.29 is 38.4 Å². The van der Waals surface area contributed by atoms with E-state index in [9.17, 15) is 33.7 Å². The molecule has 0 bridgehead atoms. The molecule has 1 fully saturated rings. The molecule has 0 radical (unpaired) electrons. The second-order valence-corrected chi connectivity index (χ2v) is 10.6. The molecule has 9 nitrogen and oxygen atoms in total. The Morgan fingerprint density at radius 2 is 1.58 bits per heavy atom. The smallest absolute Gasteiger partial charge is 0.259 e. The monoisotopic (exact) mass is 539 g/mol. The fraction of sp³-hybridized carbons (Fsp3) is 0.231. The van der Waals surface area contributed by atoms with Crippen LogP contribution in [0.25, 0.3) is 42.0 Å². The quantitative estimate of drug-likeness (QED) is 0.216. The minimum absolute atomic E-state index is 0.00271. The predicted octanol–water partition coefficient (Wildman–Crippen LogP) is 2.26. The van der Waals surface area contributed by atoms with Crippen molar-refractivity contribution in [3.05, 3.63) is 59.2 Å². The van der Waals surface area contributed by atoms with E-state index in [0.717, 1.165) is 0 Å². The number of nitrogens with one attached hydrogen (secondary N) is 1. The highest BCUT2D eigenvalue weighted by atomic mass is 32.1. The van der Waals surface area contributed by atoms with Crippen LogP contribution in [0.2, 0.25) is 0 Å². The van der Waals surface area contributed by atoms with Crippen LogP contribution >= 0.6 is 11.3 Å². The average Bonchev–Trinajstić information content (AvgIpc) is 3.51. The van der Waals surface area contributed by atoms with Crippen molar-refractivity contribution in [3.8, 4) is 0 Å². The maximum absolute atomic E-state index is 14.6. The summed E-state index contributed by atoms with van der Waals surface area (Å²) in [5.74, 6) is -2.49. The van der Waals surface area contributed by atoms with Crippen molar-refractivity contribution in [1.82, 2.24) is 9.88 Å². The number of carbonyl (C=O) groups is 2. The van der Waals surface area contributed by atoms with Crippen molar-refractivity contribution in [1.29, 1.82) is 0 Å². The zero-order valence-corrected chi connectivity index (χ0v) is 20.1. The number of aliphatic hydroxyl groups excluding tert-OH is 3. The third kappa shape index (κ3) is 2.95. The number of benzene rings is 3. The van der Waals surface area contributed by atoms with Gasteiger partial charge in [-0.05, 0) is 36.4 Å².